The van der Waals surface area contributed by atoms with Crippen LogP contribution >= 0.6 is 11.8 Å². The van der Waals surface area contributed by atoms with Crippen LogP contribution in [0.2, 0.25) is 0 Å². The minimum atomic E-state index is -0.378. The number of nitrogens with zero attached hydrogens (tertiary/aromatic N) is 3. The topological polar surface area (TPSA) is 78.3 Å². The third-order valence-electron chi connectivity index (χ3n) is 5.08. The number of benzene rings is 3. The van der Waals surface area contributed by atoms with Crippen LogP contribution in [-0.4, -0.2) is 33.5 Å². The van der Waals surface area contributed by atoms with Crippen LogP contribution in [0, 0.1) is 6.92 Å². The first-order chi connectivity index (χ1) is 16.5. The van der Waals surface area contributed by atoms with E-state index in [0.29, 0.717) is 16.7 Å². The molecule has 1 unspecified atom stereocenters. The molecule has 0 radical (unpaired) electrons. The van der Waals surface area contributed by atoms with E-state index < -0.39 is 0 Å². The van der Waals surface area contributed by atoms with Crippen LogP contribution in [0.4, 0.5) is 5.69 Å². The van der Waals surface area contributed by atoms with Gasteiger partial charge in [0.15, 0.2) is 17.1 Å². The van der Waals surface area contributed by atoms with Gasteiger partial charge in [-0.25, -0.2) is 0 Å². The molecule has 1 atom stereocenters. The van der Waals surface area contributed by atoms with Gasteiger partial charge in [-0.2, -0.15) is 0 Å². The highest BCUT2D eigenvalue weighted by molar-refractivity contribution is 7.99. The zero-order valence-electron chi connectivity index (χ0n) is 19.3. The second-order valence-corrected chi connectivity index (χ2v) is 8.59. The maximum atomic E-state index is 12.5. The van der Waals surface area contributed by atoms with Gasteiger partial charge in [-0.15, -0.1) is 10.2 Å². The molecule has 1 heterocycles. The number of aryl methyl sites for hydroxylation is 1. The Bertz CT molecular complexity index is 1230. The standard InChI is InChI=1S/C26H26N4O3S/c1-18-9-11-20(12-10-18)27-24(31)17-34-26-29-28-25(30(26)21-7-5-4-6-8-21)19(2)33-23-15-13-22(32-3)14-16-23/h4-16,19H,17H2,1-3H3,(H,27,31). The first kappa shape index (κ1) is 23.4. The van der Waals surface area contributed by atoms with Crippen LogP contribution in [0.1, 0.15) is 24.4 Å². The molecule has 0 aliphatic rings. The molecule has 0 aliphatic heterocycles. The van der Waals surface area contributed by atoms with Crippen molar-refractivity contribution in [2.24, 2.45) is 0 Å². The molecule has 8 heteroatoms. The molecule has 0 saturated heterocycles. The lowest BCUT2D eigenvalue weighted by atomic mass is 10.2. The normalized spacial score (nSPS) is 11.6. The lowest BCUT2D eigenvalue weighted by Gasteiger charge is -2.17. The maximum absolute atomic E-state index is 12.5. The van der Waals surface area contributed by atoms with E-state index in [9.17, 15) is 4.79 Å². The van der Waals surface area contributed by atoms with Crippen LogP contribution in [0.5, 0.6) is 11.5 Å². The fourth-order valence-corrected chi connectivity index (χ4v) is 4.09. The molecule has 4 rings (SSSR count). The molecule has 4 aromatic rings. The van der Waals surface area contributed by atoms with Crippen molar-refractivity contribution < 1.29 is 14.3 Å². The lowest BCUT2D eigenvalue weighted by molar-refractivity contribution is -0.113. The van der Waals surface area contributed by atoms with E-state index >= 15 is 0 Å². The quantitative estimate of drug-likeness (QED) is 0.325. The predicted octanol–water partition coefficient (Wildman–Crippen LogP) is 5.46. The molecule has 1 N–H and O–H groups in total. The van der Waals surface area contributed by atoms with Crippen molar-refractivity contribution in [2.75, 3.05) is 18.2 Å². The Labute approximate surface area is 203 Å². The van der Waals surface area contributed by atoms with Gasteiger partial charge >= 0.3 is 0 Å². The summed E-state index contributed by atoms with van der Waals surface area (Å²) in [6.07, 6.45) is -0.378. The first-order valence-corrected chi connectivity index (χ1v) is 11.8. The highest BCUT2D eigenvalue weighted by Gasteiger charge is 2.21. The Balaban J connectivity index is 1.52. The zero-order valence-corrected chi connectivity index (χ0v) is 20.1. The number of aromatic nitrogens is 3. The van der Waals surface area contributed by atoms with Gasteiger partial charge in [0, 0.05) is 11.4 Å². The highest BCUT2D eigenvalue weighted by Crippen LogP contribution is 2.28. The molecule has 174 valence electrons. The molecule has 0 spiro atoms. The number of hydrogen-bond donors (Lipinski definition) is 1. The first-order valence-electron chi connectivity index (χ1n) is 10.8. The van der Waals surface area contributed by atoms with Crippen LogP contribution in [0.15, 0.2) is 84.0 Å². The average molecular weight is 475 g/mol. The minimum Gasteiger partial charge on any atom is -0.497 e. The van der Waals surface area contributed by atoms with Gasteiger partial charge in [0.2, 0.25) is 5.91 Å². The number of rotatable bonds is 9. The van der Waals surface area contributed by atoms with E-state index in [-0.39, 0.29) is 17.8 Å². The average Bonchev–Trinajstić information content (AvgIpc) is 3.29. The van der Waals surface area contributed by atoms with Gasteiger partial charge in [0.1, 0.15) is 11.5 Å². The summed E-state index contributed by atoms with van der Waals surface area (Å²) in [5, 5.41) is 12.3. The van der Waals surface area contributed by atoms with E-state index in [1.165, 1.54) is 11.8 Å². The van der Waals surface area contributed by atoms with E-state index in [1.807, 2.05) is 97.3 Å². The maximum Gasteiger partial charge on any atom is 0.234 e. The summed E-state index contributed by atoms with van der Waals surface area (Å²) >= 11 is 1.33. The Morgan fingerprint density at radius 3 is 2.32 bits per heavy atom. The van der Waals surface area contributed by atoms with Crippen molar-refractivity contribution in [2.45, 2.75) is 25.1 Å². The van der Waals surface area contributed by atoms with E-state index in [2.05, 4.69) is 15.5 Å². The molecule has 1 aromatic heterocycles. The molecule has 3 aromatic carbocycles. The van der Waals surface area contributed by atoms with E-state index in [0.717, 1.165) is 22.7 Å². The number of hydrogen-bond acceptors (Lipinski definition) is 6. The SMILES string of the molecule is COc1ccc(OC(C)c2nnc(SCC(=O)Nc3ccc(C)cc3)n2-c2ccccc2)cc1. The number of anilines is 1. The predicted molar refractivity (Wildman–Crippen MR) is 134 cm³/mol. The number of amides is 1. The van der Waals surface area contributed by atoms with Crippen molar-refractivity contribution >= 4 is 23.4 Å². The molecular weight excluding hydrogens is 448 g/mol. The fourth-order valence-electron chi connectivity index (χ4n) is 3.33. The number of nitrogens with one attached hydrogen (secondary N) is 1. The molecular formula is C26H26N4O3S. The number of methoxy groups -OCH3 is 1. The number of ether oxygens (including phenoxy) is 2. The Morgan fingerprint density at radius 2 is 1.65 bits per heavy atom. The zero-order chi connectivity index (χ0) is 23.9. The summed E-state index contributed by atoms with van der Waals surface area (Å²) in [7, 11) is 1.63. The van der Waals surface area contributed by atoms with E-state index in [1.54, 1.807) is 7.11 Å². The molecule has 0 fully saturated rings. The summed E-state index contributed by atoms with van der Waals surface area (Å²) in [6, 6.07) is 24.9. The number of thioether (sulfide) groups is 1. The number of carbonyl (C=O) groups is 1. The number of para-hydroxylation sites is 1. The van der Waals surface area contributed by atoms with Gasteiger partial charge < -0.3 is 14.8 Å². The van der Waals surface area contributed by atoms with Crippen molar-refractivity contribution in [3.8, 4) is 17.2 Å². The van der Waals surface area contributed by atoms with E-state index in [4.69, 9.17) is 9.47 Å². The third-order valence-corrected chi connectivity index (χ3v) is 6.01. The molecule has 34 heavy (non-hydrogen) atoms. The summed E-state index contributed by atoms with van der Waals surface area (Å²) in [5.41, 5.74) is 2.80. The largest absolute Gasteiger partial charge is 0.497 e. The summed E-state index contributed by atoms with van der Waals surface area (Å²) in [5.74, 6) is 2.19. The molecule has 7 nitrogen and oxygen atoms in total. The third kappa shape index (κ3) is 5.77. The summed E-state index contributed by atoms with van der Waals surface area (Å²) in [6.45, 7) is 3.93. The van der Waals surface area contributed by atoms with Crippen molar-refractivity contribution in [1.29, 1.82) is 0 Å². The number of carbonyl (C=O) groups excluding carboxylic acids is 1. The lowest BCUT2D eigenvalue weighted by Crippen LogP contribution is -2.15. The minimum absolute atomic E-state index is 0.111. The van der Waals surface area contributed by atoms with Gasteiger partial charge in [-0.1, -0.05) is 47.7 Å². The van der Waals surface area contributed by atoms with Gasteiger partial charge in [-0.05, 0) is 62.4 Å². The Hall–Kier alpha value is -3.78. The molecule has 0 saturated carbocycles. The summed E-state index contributed by atoms with van der Waals surface area (Å²) < 4.78 is 13.3. The van der Waals surface area contributed by atoms with Crippen LogP contribution in [0.3, 0.4) is 0 Å². The van der Waals surface area contributed by atoms with Gasteiger partial charge in [-0.3, -0.25) is 9.36 Å². The van der Waals surface area contributed by atoms with Crippen molar-refractivity contribution in [3.63, 3.8) is 0 Å². The van der Waals surface area contributed by atoms with Crippen LogP contribution < -0.4 is 14.8 Å². The van der Waals surface area contributed by atoms with Crippen molar-refractivity contribution in [1.82, 2.24) is 14.8 Å². The summed E-state index contributed by atoms with van der Waals surface area (Å²) in [4.78, 5) is 12.5. The highest BCUT2D eigenvalue weighted by atomic mass is 32.2. The molecule has 0 aliphatic carbocycles. The van der Waals surface area contributed by atoms with Crippen LogP contribution in [0.25, 0.3) is 5.69 Å². The second-order valence-electron chi connectivity index (χ2n) is 7.65. The Morgan fingerprint density at radius 1 is 0.971 bits per heavy atom. The van der Waals surface area contributed by atoms with Crippen LogP contribution in [-0.2, 0) is 4.79 Å². The monoisotopic (exact) mass is 474 g/mol. The smallest absolute Gasteiger partial charge is 0.234 e. The van der Waals surface area contributed by atoms with Gasteiger partial charge in [0.25, 0.3) is 0 Å². The van der Waals surface area contributed by atoms with Crippen molar-refractivity contribution in [3.05, 3.63) is 90.3 Å². The fraction of sp³-hybridized carbons (Fsp3) is 0.192. The second kappa shape index (κ2) is 10.9. The van der Waals surface area contributed by atoms with Gasteiger partial charge in [0.05, 0.1) is 12.9 Å². The molecule has 1 amide bonds. The Kier molecular flexibility index (Phi) is 7.49. The molecule has 0 bridgehead atoms.